The number of hydrogen-bond acceptors (Lipinski definition) is 3. The van der Waals surface area contributed by atoms with Crippen LogP contribution in [-0.4, -0.2) is 28.4 Å². The summed E-state index contributed by atoms with van der Waals surface area (Å²) < 4.78 is 5.23. The van der Waals surface area contributed by atoms with E-state index in [1.807, 2.05) is 18.2 Å². The average molecular weight is 299 g/mol. The fraction of sp³-hybridized carbons (Fsp3) is 0.294. The van der Waals surface area contributed by atoms with Crippen LogP contribution >= 0.6 is 0 Å². The minimum absolute atomic E-state index is 0.0720. The van der Waals surface area contributed by atoms with Gasteiger partial charge in [-0.3, -0.25) is 4.79 Å². The summed E-state index contributed by atoms with van der Waals surface area (Å²) in [5.74, 6) is -0.0641. The Morgan fingerprint density at radius 2 is 2.09 bits per heavy atom. The third-order valence-corrected chi connectivity index (χ3v) is 3.98. The number of carbonyl (C=O) groups excluding carboxylic acids is 1. The lowest BCUT2D eigenvalue weighted by Crippen LogP contribution is -2.36. The number of aromatic carboxylic acids is 1. The molecule has 1 amide bonds. The molecule has 1 N–H and O–H groups in total. The smallest absolute Gasteiger partial charge is 0.335 e. The summed E-state index contributed by atoms with van der Waals surface area (Å²) in [7, 11) is 0. The molecule has 2 heterocycles. The number of carbonyl (C=O) groups is 2. The van der Waals surface area contributed by atoms with Crippen LogP contribution in [0.15, 0.2) is 41.0 Å². The van der Waals surface area contributed by atoms with E-state index in [4.69, 9.17) is 9.52 Å². The summed E-state index contributed by atoms with van der Waals surface area (Å²) in [6.45, 7) is 1.16. The zero-order chi connectivity index (χ0) is 15.5. The van der Waals surface area contributed by atoms with Crippen LogP contribution in [0.2, 0.25) is 0 Å². The van der Waals surface area contributed by atoms with Gasteiger partial charge in [-0.15, -0.1) is 0 Å². The molecule has 1 aliphatic rings. The van der Waals surface area contributed by atoms with E-state index in [2.05, 4.69) is 0 Å². The summed E-state index contributed by atoms with van der Waals surface area (Å²) in [5, 5.41) is 9.06. The highest BCUT2D eigenvalue weighted by atomic mass is 16.4. The highest BCUT2D eigenvalue weighted by molar-refractivity contribution is 5.88. The maximum absolute atomic E-state index is 12.3. The first-order valence-corrected chi connectivity index (χ1v) is 7.29. The second-order valence-electron chi connectivity index (χ2n) is 5.43. The Hall–Kier alpha value is -2.56. The Labute approximate surface area is 128 Å². The van der Waals surface area contributed by atoms with Gasteiger partial charge < -0.3 is 14.4 Å². The lowest BCUT2D eigenvalue weighted by Gasteiger charge is -2.29. The van der Waals surface area contributed by atoms with Crippen LogP contribution in [0.3, 0.4) is 0 Å². The Morgan fingerprint density at radius 1 is 1.23 bits per heavy atom. The topological polar surface area (TPSA) is 70.8 Å². The van der Waals surface area contributed by atoms with Gasteiger partial charge in [-0.25, -0.2) is 4.79 Å². The largest absolute Gasteiger partial charge is 0.478 e. The number of aryl methyl sites for hydroxylation is 1. The van der Waals surface area contributed by atoms with Crippen molar-refractivity contribution in [2.24, 2.45) is 0 Å². The Balaban J connectivity index is 1.66. The SMILES string of the molecule is O=C(O)c1ccc2c(c1)CN(C(=O)CCc1ccco1)CC2. The van der Waals surface area contributed by atoms with E-state index >= 15 is 0 Å². The highest BCUT2D eigenvalue weighted by Crippen LogP contribution is 2.21. The van der Waals surface area contributed by atoms with E-state index in [-0.39, 0.29) is 11.5 Å². The van der Waals surface area contributed by atoms with Gasteiger partial charge in [-0.05, 0) is 41.8 Å². The molecule has 0 fully saturated rings. The van der Waals surface area contributed by atoms with E-state index < -0.39 is 5.97 Å². The van der Waals surface area contributed by atoms with Crippen molar-refractivity contribution in [2.75, 3.05) is 6.54 Å². The van der Waals surface area contributed by atoms with Gasteiger partial charge in [-0.2, -0.15) is 0 Å². The quantitative estimate of drug-likeness (QED) is 0.941. The second kappa shape index (κ2) is 6.05. The molecule has 0 saturated heterocycles. The maximum atomic E-state index is 12.3. The van der Waals surface area contributed by atoms with Gasteiger partial charge in [0.2, 0.25) is 5.91 Å². The Kier molecular flexibility index (Phi) is 3.96. The zero-order valence-electron chi connectivity index (χ0n) is 12.1. The van der Waals surface area contributed by atoms with Gasteiger partial charge in [0.25, 0.3) is 0 Å². The van der Waals surface area contributed by atoms with Crippen LogP contribution in [0.1, 0.15) is 33.7 Å². The molecule has 114 valence electrons. The van der Waals surface area contributed by atoms with Crippen molar-refractivity contribution in [2.45, 2.75) is 25.8 Å². The molecule has 0 radical (unpaired) electrons. The molecule has 1 aliphatic heterocycles. The first-order valence-electron chi connectivity index (χ1n) is 7.29. The molecule has 3 rings (SSSR count). The number of amides is 1. The first-order chi connectivity index (χ1) is 10.6. The Morgan fingerprint density at radius 3 is 2.82 bits per heavy atom. The van der Waals surface area contributed by atoms with Gasteiger partial charge >= 0.3 is 5.97 Å². The van der Waals surface area contributed by atoms with Gasteiger partial charge in [-0.1, -0.05) is 6.07 Å². The van der Waals surface area contributed by atoms with Crippen LogP contribution in [0, 0.1) is 0 Å². The number of rotatable bonds is 4. The van der Waals surface area contributed by atoms with Gasteiger partial charge in [0.05, 0.1) is 11.8 Å². The van der Waals surface area contributed by atoms with E-state index in [9.17, 15) is 9.59 Å². The predicted octanol–water partition coefficient (Wildman–Crippen LogP) is 2.50. The molecule has 1 aromatic carbocycles. The van der Waals surface area contributed by atoms with Crippen LogP contribution in [0.5, 0.6) is 0 Å². The monoisotopic (exact) mass is 299 g/mol. The van der Waals surface area contributed by atoms with E-state index in [1.165, 1.54) is 0 Å². The molecule has 0 saturated carbocycles. The molecule has 0 unspecified atom stereocenters. The van der Waals surface area contributed by atoms with Crippen LogP contribution in [0.25, 0.3) is 0 Å². The van der Waals surface area contributed by atoms with Crippen molar-refractivity contribution >= 4 is 11.9 Å². The third-order valence-electron chi connectivity index (χ3n) is 3.98. The van der Waals surface area contributed by atoms with Crippen LogP contribution in [0.4, 0.5) is 0 Å². The van der Waals surface area contributed by atoms with Crippen molar-refractivity contribution in [3.05, 3.63) is 59.0 Å². The molecular formula is C17H17NO4. The zero-order valence-corrected chi connectivity index (χ0v) is 12.1. The summed E-state index contributed by atoms with van der Waals surface area (Å²) in [6, 6.07) is 8.81. The van der Waals surface area contributed by atoms with Crippen molar-refractivity contribution in [3.8, 4) is 0 Å². The van der Waals surface area contributed by atoms with E-state index in [1.54, 1.807) is 23.3 Å². The molecule has 5 heteroatoms. The number of hydrogen-bond donors (Lipinski definition) is 1. The lowest BCUT2D eigenvalue weighted by molar-refractivity contribution is -0.132. The molecule has 0 bridgehead atoms. The van der Waals surface area contributed by atoms with Crippen LogP contribution in [-0.2, 0) is 24.2 Å². The predicted molar refractivity (Wildman–Crippen MR) is 79.6 cm³/mol. The molecule has 0 atom stereocenters. The number of carboxylic acids is 1. The van der Waals surface area contributed by atoms with Gasteiger partial charge in [0, 0.05) is 25.9 Å². The average Bonchev–Trinajstić information content (AvgIpc) is 3.04. The number of benzene rings is 1. The molecule has 22 heavy (non-hydrogen) atoms. The minimum atomic E-state index is -0.941. The second-order valence-corrected chi connectivity index (χ2v) is 5.43. The molecule has 1 aromatic heterocycles. The Bertz CT molecular complexity index is 691. The number of fused-ring (bicyclic) bond motifs is 1. The minimum Gasteiger partial charge on any atom is -0.478 e. The highest BCUT2D eigenvalue weighted by Gasteiger charge is 2.21. The molecular weight excluding hydrogens is 282 g/mol. The fourth-order valence-corrected chi connectivity index (χ4v) is 2.75. The number of nitrogens with zero attached hydrogens (tertiary/aromatic N) is 1. The molecule has 0 spiro atoms. The standard InChI is InChI=1S/C17H17NO4/c19-16(6-5-15-2-1-9-22-15)18-8-7-12-3-4-13(17(20)21)10-14(12)11-18/h1-4,9-10H,5-8,11H2,(H,20,21). The fourth-order valence-electron chi connectivity index (χ4n) is 2.75. The molecule has 0 aliphatic carbocycles. The summed E-state index contributed by atoms with van der Waals surface area (Å²) in [6.07, 6.45) is 3.36. The molecule has 2 aromatic rings. The van der Waals surface area contributed by atoms with Gasteiger partial charge in [0.1, 0.15) is 5.76 Å². The van der Waals surface area contributed by atoms with Crippen molar-refractivity contribution in [3.63, 3.8) is 0 Å². The van der Waals surface area contributed by atoms with Gasteiger partial charge in [0.15, 0.2) is 0 Å². The lowest BCUT2D eigenvalue weighted by atomic mass is 9.97. The number of carboxylic acid groups (broad SMARTS) is 1. The normalized spacial score (nSPS) is 13.7. The molecule has 5 nitrogen and oxygen atoms in total. The van der Waals surface area contributed by atoms with Crippen molar-refractivity contribution in [1.29, 1.82) is 0 Å². The van der Waals surface area contributed by atoms with E-state index in [0.29, 0.717) is 25.9 Å². The van der Waals surface area contributed by atoms with Crippen LogP contribution < -0.4 is 0 Å². The summed E-state index contributed by atoms with van der Waals surface area (Å²) >= 11 is 0. The number of furan rings is 1. The summed E-state index contributed by atoms with van der Waals surface area (Å²) in [5.41, 5.74) is 2.32. The summed E-state index contributed by atoms with van der Waals surface area (Å²) in [4.78, 5) is 25.1. The first kappa shape index (κ1) is 14.4. The van der Waals surface area contributed by atoms with E-state index in [0.717, 1.165) is 23.3 Å². The maximum Gasteiger partial charge on any atom is 0.335 e. The third kappa shape index (κ3) is 3.03. The van der Waals surface area contributed by atoms with Crippen molar-refractivity contribution < 1.29 is 19.1 Å². The van der Waals surface area contributed by atoms with Crippen molar-refractivity contribution in [1.82, 2.24) is 4.90 Å².